The van der Waals surface area contributed by atoms with Crippen molar-refractivity contribution in [1.82, 2.24) is 0 Å². The number of ether oxygens (including phenoxy) is 2. The van der Waals surface area contributed by atoms with Crippen molar-refractivity contribution in [3.05, 3.63) is 0 Å². The Labute approximate surface area is 109 Å². The first kappa shape index (κ1) is 12.9. The molecule has 2 unspecified atom stereocenters. The molecule has 0 aromatic rings. The van der Waals surface area contributed by atoms with E-state index in [-0.39, 0.29) is 6.29 Å². The average Bonchev–Trinajstić information content (AvgIpc) is 2.30. The lowest BCUT2D eigenvalue weighted by Crippen LogP contribution is -2.66. The van der Waals surface area contributed by atoms with Crippen LogP contribution in [0, 0.1) is 17.8 Å². The van der Waals surface area contributed by atoms with E-state index in [2.05, 4.69) is 13.8 Å². The van der Waals surface area contributed by atoms with Gasteiger partial charge in [-0.2, -0.15) is 0 Å². The van der Waals surface area contributed by atoms with Crippen LogP contribution in [0.4, 0.5) is 0 Å². The van der Waals surface area contributed by atoms with Crippen LogP contribution in [-0.2, 0) is 19.2 Å². The molecule has 3 fully saturated rings. The predicted molar refractivity (Wildman–Crippen MR) is 65.5 cm³/mol. The largest absolute Gasteiger partial charge is 0.349 e. The Hall–Kier alpha value is -0.160. The maximum atomic E-state index is 5.97. The van der Waals surface area contributed by atoms with Gasteiger partial charge in [-0.3, -0.25) is 0 Å². The van der Waals surface area contributed by atoms with Gasteiger partial charge in [0.05, 0.1) is 6.61 Å². The standard InChI is InChI=1S/C14H24O4/c1-9-5-6-11-10(2)8-15-12-14(11,7-9)18-17-13(3,4)16-12/h9-12H,5-8H2,1-4H3/t9-,10+,11?,12?,14-/m1/s1. The Kier molecular flexibility index (Phi) is 2.98. The quantitative estimate of drug-likeness (QED) is 0.624. The molecule has 0 amide bonds. The molecule has 0 N–H and O–H groups in total. The fourth-order valence-corrected chi connectivity index (χ4v) is 3.76. The van der Waals surface area contributed by atoms with E-state index in [1.807, 2.05) is 13.8 Å². The van der Waals surface area contributed by atoms with E-state index in [9.17, 15) is 0 Å². The fourth-order valence-electron chi connectivity index (χ4n) is 3.76. The second-order valence-electron chi connectivity index (χ2n) is 6.77. The van der Waals surface area contributed by atoms with Gasteiger partial charge in [0.25, 0.3) is 0 Å². The van der Waals surface area contributed by atoms with Gasteiger partial charge in [0, 0.05) is 5.92 Å². The average molecular weight is 256 g/mol. The van der Waals surface area contributed by atoms with E-state index in [4.69, 9.17) is 19.2 Å². The zero-order chi connectivity index (χ0) is 13.0. The molecule has 4 heteroatoms. The van der Waals surface area contributed by atoms with Gasteiger partial charge in [0.1, 0.15) is 0 Å². The molecule has 5 atom stereocenters. The Bertz CT molecular complexity index is 330. The van der Waals surface area contributed by atoms with Crippen LogP contribution in [0.25, 0.3) is 0 Å². The second-order valence-corrected chi connectivity index (χ2v) is 6.77. The first-order valence-electron chi connectivity index (χ1n) is 7.09. The monoisotopic (exact) mass is 256 g/mol. The van der Waals surface area contributed by atoms with Gasteiger partial charge in [-0.15, -0.1) is 0 Å². The van der Waals surface area contributed by atoms with E-state index in [1.54, 1.807) is 0 Å². The first-order chi connectivity index (χ1) is 8.43. The third kappa shape index (κ3) is 1.90. The van der Waals surface area contributed by atoms with Crippen LogP contribution in [0.15, 0.2) is 0 Å². The van der Waals surface area contributed by atoms with E-state index in [1.165, 1.54) is 12.8 Å². The van der Waals surface area contributed by atoms with Crippen LogP contribution in [0.5, 0.6) is 0 Å². The molecule has 0 radical (unpaired) electrons. The first-order valence-corrected chi connectivity index (χ1v) is 7.09. The highest BCUT2D eigenvalue weighted by Crippen LogP contribution is 2.52. The predicted octanol–water partition coefficient (Wildman–Crippen LogP) is 2.87. The fraction of sp³-hybridized carbons (Fsp3) is 1.00. The highest BCUT2D eigenvalue weighted by Gasteiger charge is 2.60. The molecule has 104 valence electrons. The van der Waals surface area contributed by atoms with E-state index >= 15 is 0 Å². The maximum Gasteiger partial charge on any atom is 0.199 e. The van der Waals surface area contributed by atoms with Crippen LogP contribution >= 0.6 is 0 Å². The summed E-state index contributed by atoms with van der Waals surface area (Å²) in [6, 6.07) is 0. The van der Waals surface area contributed by atoms with Gasteiger partial charge >= 0.3 is 0 Å². The summed E-state index contributed by atoms with van der Waals surface area (Å²) in [5, 5.41) is 0. The summed E-state index contributed by atoms with van der Waals surface area (Å²) >= 11 is 0. The van der Waals surface area contributed by atoms with Crippen molar-refractivity contribution in [2.24, 2.45) is 17.8 Å². The molecule has 2 saturated heterocycles. The summed E-state index contributed by atoms with van der Waals surface area (Å²) in [5.74, 6) is 0.888. The van der Waals surface area contributed by atoms with Crippen molar-refractivity contribution in [1.29, 1.82) is 0 Å². The SMILES string of the molecule is C[C@@H]1CCC2[C@@H](C)COC3OC(C)(C)OO[C@@]32C1. The van der Waals surface area contributed by atoms with Crippen LogP contribution in [-0.4, -0.2) is 24.3 Å². The molecule has 3 rings (SSSR count). The lowest BCUT2D eigenvalue weighted by Gasteiger charge is -2.57. The lowest BCUT2D eigenvalue weighted by atomic mass is 9.65. The van der Waals surface area contributed by atoms with Crippen molar-refractivity contribution >= 4 is 0 Å². The van der Waals surface area contributed by atoms with Crippen LogP contribution in [0.1, 0.15) is 47.0 Å². The summed E-state index contributed by atoms with van der Waals surface area (Å²) < 4.78 is 11.9. The molecule has 2 heterocycles. The topological polar surface area (TPSA) is 36.9 Å². The molecule has 18 heavy (non-hydrogen) atoms. The van der Waals surface area contributed by atoms with Crippen molar-refractivity contribution in [2.45, 2.75) is 64.6 Å². The Balaban J connectivity index is 1.90. The summed E-state index contributed by atoms with van der Waals surface area (Å²) in [7, 11) is 0. The molecule has 0 aromatic heterocycles. The van der Waals surface area contributed by atoms with Gasteiger partial charge in [0.15, 0.2) is 17.7 Å². The molecule has 1 spiro atoms. The Morgan fingerprint density at radius 2 is 1.83 bits per heavy atom. The van der Waals surface area contributed by atoms with Crippen molar-refractivity contribution in [3.8, 4) is 0 Å². The third-order valence-corrected chi connectivity index (χ3v) is 4.65. The molecule has 0 bridgehead atoms. The van der Waals surface area contributed by atoms with Crippen LogP contribution in [0.2, 0.25) is 0 Å². The number of hydrogen-bond acceptors (Lipinski definition) is 4. The van der Waals surface area contributed by atoms with Gasteiger partial charge < -0.3 is 9.47 Å². The van der Waals surface area contributed by atoms with Gasteiger partial charge in [-0.05, 0) is 38.5 Å². The highest BCUT2D eigenvalue weighted by molar-refractivity contribution is 5.01. The Morgan fingerprint density at radius 1 is 1.06 bits per heavy atom. The van der Waals surface area contributed by atoms with Crippen LogP contribution in [0.3, 0.4) is 0 Å². The highest BCUT2D eigenvalue weighted by atomic mass is 17.3. The molecular formula is C14H24O4. The van der Waals surface area contributed by atoms with Crippen molar-refractivity contribution < 1.29 is 19.2 Å². The molecule has 0 aromatic carbocycles. The summed E-state index contributed by atoms with van der Waals surface area (Å²) in [5.41, 5.74) is -0.398. The number of rotatable bonds is 0. The molecular weight excluding hydrogens is 232 g/mol. The minimum Gasteiger partial charge on any atom is -0.349 e. The third-order valence-electron chi connectivity index (χ3n) is 4.65. The normalized spacial score (nSPS) is 51.3. The summed E-state index contributed by atoms with van der Waals surface area (Å²) in [6.45, 7) is 8.99. The molecule has 4 nitrogen and oxygen atoms in total. The maximum absolute atomic E-state index is 5.97. The summed E-state index contributed by atoms with van der Waals surface area (Å²) in [4.78, 5) is 11.4. The van der Waals surface area contributed by atoms with Crippen molar-refractivity contribution in [2.75, 3.05) is 6.61 Å². The summed E-state index contributed by atoms with van der Waals surface area (Å²) in [6.07, 6.45) is 3.11. The minimum absolute atomic E-state index is 0.287. The smallest absolute Gasteiger partial charge is 0.199 e. The number of hydrogen-bond donors (Lipinski definition) is 0. The zero-order valence-corrected chi connectivity index (χ0v) is 11.8. The van der Waals surface area contributed by atoms with Gasteiger partial charge in [-0.25, -0.2) is 9.78 Å². The van der Waals surface area contributed by atoms with E-state index in [0.717, 1.165) is 13.0 Å². The lowest BCUT2D eigenvalue weighted by molar-refractivity contribution is -0.565. The zero-order valence-electron chi connectivity index (χ0n) is 11.8. The van der Waals surface area contributed by atoms with Crippen molar-refractivity contribution in [3.63, 3.8) is 0 Å². The molecule has 1 aliphatic carbocycles. The molecule has 2 aliphatic heterocycles. The Morgan fingerprint density at radius 3 is 2.61 bits per heavy atom. The van der Waals surface area contributed by atoms with E-state index in [0.29, 0.717) is 17.8 Å². The van der Waals surface area contributed by atoms with Gasteiger partial charge in [0.2, 0.25) is 0 Å². The van der Waals surface area contributed by atoms with Gasteiger partial charge in [-0.1, -0.05) is 20.3 Å². The van der Waals surface area contributed by atoms with E-state index < -0.39 is 11.4 Å². The second kappa shape index (κ2) is 4.17. The molecule has 1 saturated carbocycles. The minimum atomic E-state index is -0.721. The van der Waals surface area contributed by atoms with Crippen LogP contribution < -0.4 is 0 Å². The molecule has 3 aliphatic rings.